The van der Waals surface area contributed by atoms with Gasteiger partial charge in [-0.05, 0) is 36.5 Å². The molecule has 5 nitrogen and oxygen atoms in total. The van der Waals surface area contributed by atoms with Gasteiger partial charge in [0, 0.05) is 30.6 Å². The molecule has 0 aromatic heterocycles. The Hall–Kier alpha value is -2.01. The van der Waals surface area contributed by atoms with E-state index in [9.17, 15) is 0 Å². The highest BCUT2D eigenvalue weighted by molar-refractivity contribution is 5.98. The number of nitrogens with zero attached hydrogens (tertiary/aromatic N) is 2. The molecule has 1 aliphatic carbocycles. The number of hydrogen-bond acceptors (Lipinski definition) is 5. The van der Waals surface area contributed by atoms with Crippen LogP contribution in [0.3, 0.4) is 0 Å². The lowest BCUT2D eigenvalue weighted by molar-refractivity contribution is 0.0491. The summed E-state index contributed by atoms with van der Waals surface area (Å²) >= 11 is 0. The van der Waals surface area contributed by atoms with Gasteiger partial charge in [0.1, 0.15) is 0 Å². The average Bonchev–Trinajstić information content (AvgIpc) is 3.02. The SMILES string of the molecule is CC1(C)CC(N2CCOCC2)=CC(=Nc2ccc3c(c2)OCO3)C1. The van der Waals surface area contributed by atoms with Gasteiger partial charge in [-0.2, -0.15) is 0 Å². The maximum absolute atomic E-state index is 5.48. The van der Waals surface area contributed by atoms with Crippen LogP contribution in [-0.4, -0.2) is 43.7 Å². The topological polar surface area (TPSA) is 43.3 Å². The van der Waals surface area contributed by atoms with Crippen LogP contribution in [0.15, 0.2) is 35.0 Å². The molecule has 2 aliphatic heterocycles. The quantitative estimate of drug-likeness (QED) is 0.833. The molecule has 5 heteroatoms. The Bertz CT molecular complexity index is 688. The van der Waals surface area contributed by atoms with Gasteiger partial charge in [-0.3, -0.25) is 4.99 Å². The molecule has 0 spiro atoms. The fraction of sp³-hybridized carbons (Fsp3) is 0.526. The third kappa shape index (κ3) is 3.26. The number of hydrogen-bond donors (Lipinski definition) is 0. The van der Waals surface area contributed by atoms with Crippen LogP contribution in [0.4, 0.5) is 5.69 Å². The molecule has 0 radical (unpaired) electrons. The Morgan fingerprint density at radius 1 is 1.04 bits per heavy atom. The van der Waals surface area contributed by atoms with Gasteiger partial charge in [0.05, 0.1) is 18.9 Å². The molecule has 1 fully saturated rings. The summed E-state index contributed by atoms with van der Waals surface area (Å²) in [7, 11) is 0. The Labute approximate surface area is 142 Å². The van der Waals surface area contributed by atoms with Crippen molar-refractivity contribution in [3.8, 4) is 11.5 Å². The van der Waals surface area contributed by atoms with Gasteiger partial charge in [-0.25, -0.2) is 0 Å². The third-order valence-corrected chi connectivity index (χ3v) is 4.70. The summed E-state index contributed by atoms with van der Waals surface area (Å²) in [6.07, 6.45) is 4.34. The largest absolute Gasteiger partial charge is 0.454 e. The van der Waals surface area contributed by atoms with Crippen LogP contribution in [0.1, 0.15) is 26.7 Å². The number of fused-ring (bicyclic) bond motifs is 1. The monoisotopic (exact) mass is 328 g/mol. The van der Waals surface area contributed by atoms with Crippen molar-refractivity contribution in [1.29, 1.82) is 0 Å². The molecule has 0 saturated carbocycles. The molecule has 0 bridgehead atoms. The van der Waals surface area contributed by atoms with Crippen molar-refractivity contribution >= 4 is 11.4 Å². The van der Waals surface area contributed by atoms with Crippen molar-refractivity contribution < 1.29 is 14.2 Å². The second kappa shape index (κ2) is 6.13. The number of aliphatic imine (C=N–C) groups is 1. The zero-order valence-corrected chi connectivity index (χ0v) is 14.4. The van der Waals surface area contributed by atoms with Crippen molar-refractivity contribution in [2.24, 2.45) is 10.4 Å². The molecule has 0 atom stereocenters. The second-order valence-electron chi connectivity index (χ2n) is 7.39. The average molecular weight is 328 g/mol. The number of benzene rings is 1. The van der Waals surface area contributed by atoms with Gasteiger partial charge in [0.2, 0.25) is 6.79 Å². The standard InChI is InChI=1S/C19H24N2O3/c1-19(2)11-15(9-16(12-19)21-5-7-22-8-6-21)20-14-3-4-17-18(10-14)24-13-23-17/h3-4,9-10H,5-8,11-13H2,1-2H3. The smallest absolute Gasteiger partial charge is 0.231 e. The van der Waals surface area contributed by atoms with Crippen LogP contribution in [0.2, 0.25) is 0 Å². The summed E-state index contributed by atoms with van der Waals surface area (Å²) in [5.41, 5.74) is 3.66. The van der Waals surface area contributed by atoms with E-state index in [4.69, 9.17) is 19.2 Å². The predicted molar refractivity (Wildman–Crippen MR) is 93.2 cm³/mol. The number of allylic oxidation sites excluding steroid dienone is 2. The van der Waals surface area contributed by atoms with Gasteiger partial charge in [-0.15, -0.1) is 0 Å². The van der Waals surface area contributed by atoms with Gasteiger partial charge in [-0.1, -0.05) is 13.8 Å². The summed E-state index contributed by atoms with van der Waals surface area (Å²) in [5.74, 6) is 1.58. The van der Waals surface area contributed by atoms with Crippen LogP contribution < -0.4 is 9.47 Å². The minimum atomic E-state index is 0.220. The maximum Gasteiger partial charge on any atom is 0.231 e. The van der Waals surface area contributed by atoms with E-state index in [1.54, 1.807) is 0 Å². The predicted octanol–water partition coefficient (Wildman–Crippen LogP) is 3.52. The molecule has 4 rings (SSSR count). The fourth-order valence-electron chi connectivity index (χ4n) is 3.58. The summed E-state index contributed by atoms with van der Waals surface area (Å²) in [6, 6.07) is 5.88. The zero-order chi connectivity index (χ0) is 16.6. The first kappa shape index (κ1) is 15.5. The Kier molecular flexibility index (Phi) is 3.96. The fourth-order valence-corrected chi connectivity index (χ4v) is 3.58. The summed E-state index contributed by atoms with van der Waals surface area (Å²) < 4.78 is 16.3. The van der Waals surface area contributed by atoms with E-state index < -0.39 is 0 Å². The minimum absolute atomic E-state index is 0.220. The van der Waals surface area contributed by atoms with Crippen LogP contribution in [0.25, 0.3) is 0 Å². The summed E-state index contributed by atoms with van der Waals surface area (Å²) in [4.78, 5) is 7.33. The van der Waals surface area contributed by atoms with Crippen LogP contribution in [-0.2, 0) is 4.74 Å². The minimum Gasteiger partial charge on any atom is -0.454 e. The van der Waals surface area contributed by atoms with Crippen LogP contribution in [0, 0.1) is 5.41 Å². The molecule has 1 saturated heterocycles. The second-order valence-corrected chi connectivity index (χ2v) is 7.39. The van der Waals surface area contributed by atoms with E-state index >= 15 is 0 Å². The Balaban J connectivity index is 1.62. The highest BCUT2D eigenvalue weighted by atomic mass is 16.7. The highest BCUT2D eigenvalue weighted by Crippen LogP contribution is 2.38. The number of morpholine rings is 1. The molecule has 3 aliphatic rings. The lowest BCUT2D eigenvalue weighted by atomic mass is 9.78. The van der Waals surface area contributed by atoms with Crippen molar-refractivity contribution in [3.05, 3.63) is 30.0 Å². The maximum atomic E-state index is 5.48. The van der Waals surface area contributed by atoms with E-state index in [2.05, 4.69) is 24.8 Å². The third-order valence-electron chi connectivity index (χ3n) is 4.70. The molecule has 1 aromatic carbocycles. The van der Waals surface area contributed by atoms with Gasteiger partial charge < -0.3 is 19.1 Å². The van der Waals surface area contributed by atoms with E-state index in [-0.39, 0.29) is 5.41 Å². The lowest BCUT2D eigenvalue weighted by Crippen LogP contribution is -2.39. The normalized spacial score (nSPS) is 24.2. The molecular formula is C19H24N2O3. The van der Waals surface area contributed by atoms with E-state index in [1.165, 1.54) is 5.70 Å². The Morgan fingerprint density at radius 3 is 2.67 bits per heavy atom. The van der Waals surface area contributed by atoms with Crippen molar-refractivity contribution in [1.82, 2.24) is 4.90 Å². The van der Waals surface area contributed by atoms with Gasteiger partial charge in [0.25, 0.3) is 0 Å². The van der Waals surface area contributed by atoms with E-state index in [0.29, 0.717) is 6.79 Å². The van der Waals surface area contributed by atoms with E-state index in [0.717, 1.165) is 62.0 Å². The Morgan fingerprint density at radius 2 is 1.83 bits per heavy atom. The van der Waals surface area contributed by atoms with Crippen molar-refractivity contribution in [2.45, 2.75) is 26.7 Å². The number of rotatable bonds is 2. The first-order chi connectivity index (χ1) is 11.6. The lowest BCUT2D eigenvalue weighted by Gasteiger charge is -2.38. The van der Waals surface area contributed by atoms with Crippen molar-refractivity contribution in [3.63, 3.8) is 0 Å². The zero-order valence-electron chi connectivity index (χ0n) is 14.4. The van der Waals surface area contributed by atoms with Crippen LogP contribution in [0.5, 0.6) is 11.5 Å². The first-order valence-corrected chi connectivity index (χ1v) is 8.60. The van der Waals surface area contributed by atoms with Gasteiger partial charge in [0.15, 0.2) is 11.5 Å². The first-order valence-electron chi connectivity index (χ1n) is 8.60. The molecule has 1 aromatic rings. The summed E-state index contributed by atoms with van der Waals surface area (Å²) in [6.45, 7) is 8.49. The molecule has 128 valence electrons. The molecule has 24 heavy (non-hydrogen) atoms. The van der Waals surface area contributed by atoms with Crippen molar-refractivity contribution in [2.75, 3.05) is 33.1 Å². The molecular weight excluding hydrogens is 304 g/mol. The molecule has 0 N–H and O–H groups in total. The van der Waals surface area contributed by atoms with Crippen LogP contribution >= 0.6 is 0 Å². The highest BCUT2D eigenvalue weighted by Gasteiger charge is 2.29. The van der Waals surface area contributed by atoms with E-state index in [1.807, 2.05) is 18.2 Å². The molecule has 0 unspecified atom stereocenters. The van der Waals surface area contributed by atoms with Gasteiger partial charge >= 0.3 is 0 Å². The molecule has 0 amide bonds. The summed E-state index contributed by atoms with van der Waals surface area (Å²) in [5, 5.41) is 0. The number of ether oxygens (including phenoxy) is 3. The molecule has 2 heterocycles.